The minimum atomic E-state index is -0.145. The van der Waals surface area contributed by atoms with Gasteiger partial charge in [0, 0.05) is 12.5 Å². The van der Waals surface area contributed by atoms with Crippen molar-refractivity contribution in [1.29, 1.82) is 0 Å². The molecule has 2 rings (SSSR count). The smallest absolute Gasteiger partial charge is 0.275 e. The lowest BCUT2D eigenvalue weighted by Gasteiger charge is -2.23. The quantitative estimate of drug-likeness (QED) is 0.692. The molecule has 0 bridgehead atoms. The van der Waals surface area contributed by atoms with Crippen LogP contribution in [0.15, 0.2) is 36.4 Å². The van der Waals surface area contributed by atoms with E-state index in [0.29, 0.717) is 6.54 Å². The van der Waals surface area contributed by atoms with Gasteiger partial charge >= 0.3 is 0 Å². The first-order valence-electron chi connectivity index (χ1n) is 8.18. The van der Waals surface area contributed by atoms with Gasteiger partial charge in [-0.3, -0.25) is 9.59 Å². The first-order chi connectivity index (χ1) is 11.0. The predicted molar refractivity (Wildman–Crippen MR) is 90.9 cm³/mol. The summed E-state index contributed by atoms with van der Waals surface area (Å²) in [4.78, 5) is 24.7. The second-order valence-corrected chi connectivity index (χ2v) is 6.23. The summed E-state index contributed by atoms with van der Waals surface area (Å²) in [6, 6.07) is 10.4. The van der Waals surface area contributed by atoms with Gasteiger partial charge in [-0.05, 0) is 31.1 Å². The van der Waals surface area contributed by atoms with Gasteiger partial charge in [0.15, 0.2) is 6.54 Å². The van der Waals surface area contributed by atoms with Crippen LogP contribution in [0.4, 0.5) is 0 Å². The Labute approximate surface area is 137 Å². The van der Waals surface area contributed by atoms with Crippen LogP contribution in [0, 0.1) is 0 Å². The first kappa shape index (κ1) is 17.2. The third-order valence-corrected chi connectivity index (χ3v) is 3.84. The van der Waals surface area contributed by atoms with Gasteiger partial charge in [0.05, 0.1) is 19.6 Å². The van der Waals surface area contributed by atoms with Crippen LogP contribution in [0.2, 0.25) is 0 Å². The number of hydrogen-bond donors (Lipinski definition) is 3. The highest BCUT2D eigenvalue weighted by molar-refractivity contribution is 5.85. The third kappa shape index (κ3) is 5.87. The molecule has 0 aromatic heterocycles. The number of hydrogen-bond acceptors (Lipinski definition) is 2. The van der Waals surface area contributed by atoms with Crippen LogP contribution < -0.4 is 15.5 Å². The maximum absolute atomic E-state index is 11.9. The number of benzene rings is 1. The summed E-state index contributed by atoms with van der Waals surface area (Å²) >= 11 is 0. The van der Waals surface area contributed by atoms with Crippen LogP contribution in [0.5, 0.6) is 0 Å². The lowest BCUT2D eigenvalue weighted by Crippen LogP contribution is -3.13. The van der Waals surface area contributed by atoms with Crippen molar-refractivity contribution in [3.63, 3.8) is 0 Å². The fourth-order valence-electron chi connectivity index (χ4n) is 2.70. The Morgan fingerprint density at radius 3 is 2.52 bits per heavy atom. The van der Waals surface area contributed by atoms with Gasteiger partial charge in [-0.2, -0.15) is 0 Å². The zero-order valence-corrected chi connectivity index (χ0v) is 13.9. The number of quaternary nitrogens is 1. The Balaban J connectivity index is 1.74. The number of carbonyl (C=O) groups excluding carboxylic acids is 2. The Morgan fingerprint density at radius 1 is 1.17 bits per heavy atom. The first-order valence-corrected chi connectivity index (χ1v) is 8.18. The van der Waals surface area contributed by atoms with E-state index in [1.54, 1.807) is 0 Å². The standard InChI is InChI=1S/C18H25N3O2/c1-14(2)20-17(22)12-19-18(23)13-21-10-8-16(9-11-21)15-6-4-3-5-7-15/h3-8,14H,9-13H2,1-2H3,(H,19,23)(H,20,22)/p+1. The Hall–Kier alpha value is -2.14. The molecular weight excluding hydrogens is 290 g/mol. The molecule has 1 unspecified atom stereocenters. The summed E-state index contributed by atoms with van der Waals surface area (Å²) in [7, 11) is 0. The minimum Gasteiger partial charge on any atom is -0.352 e. The molecule has 0 saturated carbocycles. The molecule has 5 heteroatoms. The molecule has 0 spiro atoms. The van der Waals surface area contributed by atoms with Crippen molar-refractivity contribution >= 4 is 17.4 Å². The highest BCUT2D eigenvalue weighted by Crippen LogP contribution is 2.17. The molecule has 23 heavy (non-hydrogen) atoms. The molecule has 3 N–H and O–H groups in total. The molecule has 2 amide bonds. The molecule has 0 radical (unpaired) electrons. The van der Waals surface area contributed by atoms with Crippen LogP contribution in [-0.2, 0) is 9.59 Å². The van der Waals surface area contributed by atoms with Crippen LogP contribution in [-0.4, -0.2) is 44.0 Å². The summed E-state index contributed by atoms with van der Waals surface area (Å²) in [5.74, 6) is -0.219. The number of rotatable bonds is 6. The molecule has 1 aliphatic heterocycles. The van der Waals surface area contributed by atoms with Crippen molar-refractivity contribution in [1.82, 2.24) is 10.6 Å². The van der Waals surface area contributed by atoms with Crippen molar-refractivity contribution in [2.24, 2.45) is 0 Å². The molecular formula is C18H26N3O2+. The van der Waals surface area contributed by atoms with Crippen LogP contribution in [0.1, 0.15) is 25.8 Å². The van der Waals surface area contributed by atoms with Crippen molar-refractivity contribution in [3.05, 3.63) is 42.0 Å². The fourth-order valence-corrected chi connectivity index (χ4v) is 2.70. The molecule has 0 saturated heterocycles. The van der Waals surface area contributed by atoms with E-state index in [-0.39, 0.29) is 24.4 Å². The Kier molecular flexibility index (Phi) is 6.35. The zero-order chi connectivity index (χ0) is 16.7. The molecule has 1 aromatic carbocycles. The SMILES string of the molecule is CC(C)NC(=O)CNC(=O)C[NH+]1CC=C(c2ccccc2)CC1. The number of amides is 2. The predicted octanol–water partition coefficient (Wildman–Crippen LogP) is -0.000600. The molecule has 1 atom stereocenters. The van der Waals surface area contributed by atoms with E-state index in [2.05, 4.69) is 28.8 Å². The summed E-state index contributed by atoms with van der Waals surface area (Å²) in [5.41, 5.74) is 2.62. The average Bonchev–Trinajstić information content (AvgIpc) is 2.54. The maximum Gasteiger partial charge on any atom is 0.275 e. The van der Waals surface area contributed by atoms with Crippen LogP contribution in [0.25, 0.3) is 5.57 Å². The van der Waals surface area contributed by atoms with Crippen molar-refractivity contribution in [2.45, 2.75) is 26.3 Å². The molecule has 0 fully saturated rings. The third-order valence-electron chi connectivity index (χ3n) is 3.84. The molecule has 0 aliphatic carbocycles. The van der Waals surface area contributed by atoms with Crippen molar-refractivity contribution < 1.29 is 14.5 Å². The number of nitrogens with one attached hydrogen (secondary N) is 3. The van der Waals surface area contributed by atoms with Gasteiger partial charge in [0.2, 0.25) is 5.91 Å². The Morgan fingerprint density at radius 2 is 1.91 bits per heavy atom. The van der Waals surface area contributed by atoms with E-state index in [1.165, 1.54) is 16.0 Å². The van der Waals surface area contributed by atoms with Gasteiger partial charge in [-0.1, -0.05) is 30.3 Å². The molecule has 1 aliphatic rings. The monoisotopic (exact) mass is 316 g/mol. The normalized spacial score (nSPS) is 17.5. The zero-order valence-electron chi connectivity index (χ0n) is 13.9. The van der Waals surface area contributed by atoms with E-state index in [1.807, 2.05) is 32.0 Å². The summed E-state index contributed by atoms with van der Waals surface area (Å²) < 4.78 is 0. The molecule has 1 aromatic rings. The molecule has 5 nitrogen and oxygen atoms in total. The maximum atomic E-state index is 11.9. The summed E-state index contributed by atoms with van der Waals surface area (Å²) in [5, 5.41) is 5.44. The van der Waals surface area contributed by atoms with Gasteiger partial charge < -0.3 is 15.5 Å². The van der Waals surface area contributed by atoms with E-state index in [9.17, 15) is 9.59 Å². The van der Waals surface area contributed by atoms with Gasteiger partial charge in [-0.15, -0.1) is 0 Å². The van der Waals surface area contributed by atoms with E-state index in [0.717, 1.165) is 19.5 Å². The number of carbonyl (C=O) groups is 2. The van der Waals surface area contributed by atoms with E-state index >= 15 is 0 Å². The van der Waals surface area contributed by atoms with E-state index in [4.69, 9.17) is 0 Å². The van der Waals surface area contributed by atoms with E-state index < -0.39 is 0 Å². The van der Waals surface area contributed by atoms with Gasteiger partial charge in [0.25, 0.3) is 5.91 Å². The second-order valence-electron chi connectivity index (χ2n) is 6.23. The van der Waals surface area contributed by atoms with Crippen molar-refractivity contribution in [2.75, 3.05) is 26.2 Å². The van der Waals surface area contributed by atoms with Gasteiger partial charge in [-0.25, -0.2) is 0 Å². The largest absolute Gasteiger partial charge is 0.352 e. The summed E-state index contributed by atoms with van der Waals surface area (Å²) in [6.45, 7) is 6.04. The fraction of sp³-hybridized carbons (Fsp3) is 0.444. The lowest BCUT2D eigenvalue weighted by atomic mass is 10.00. The van der Waals surface area contributed by atoms with Crippen LogP contribution >= 0.6 is 0 Å². The van der Waals surface area contributed by atoms with Crippen LogP contribution in [0.3, 0.4) is 0 Å². The molecule has 124 valence electrons. The Bertz CT molecular complexity index is 567. The minimum absolute atomic E-state index is 0.0510. The molecule has 1 heterocycles. The highest BCUT2D eigenvalue weighted by Gasteiger charge is 2.19. The lowest BCUT2D eigenvalue weighted by molar-refractivity contribution is -0.886. The average molecular weight is 316 g/mol. The second kappa shape index (κ2) is 8.48. The van der Waals surface area contributed by atoms with Gasteiger partial charge in [0.1, 0.15) is 0 Å². The van der Waals surface area contributed by atoms with Crippen molar-refractivity contribution in [3.8, 4) is 0 Å². The highest BCUT2D eigenvalue weighted by atomic mass is 16.2. The summed E-state index contributed by atoms with van der Waals surface area (Å²) in [6.07, 6.45) is 3.19. The topological polar surface area (TPSA) is 62.6 Å².